The molecule has 1 amide bonds. The first-order chi connectivity index (χ1) is 8.27. The lowest BCUT2D eigenvalue weighted by molar-refractivity contribution is 0.100. The molecule has 3 aromatic rings. The van der Waals surface area contributed by atoms with E-state index in [4.69, 9.17) is 5.73 Å². The maximum atomic E-state index is 11.3. The second-order valence-corrected chi connectivity index (χ2v) is 3.38. The van der Waals surface area contributed by atoms with Crippen LogP contribution in [0.4, 0.5) is 0 Å². The Morgan fingerprint density at radius 2 is 2.35 bits per heavy atom. The van der Waals surface area contributed by atoms with E-state index in [1.807, 2.05) is 0 Å². The summed E-state index contributed by atoms with van der Waals surface area (Å²) < 4.78 is 1.63. The third-order valence-corrected chi connectivity index (χ3v) is 2.42. The fourth-order valence-electron chi connectivity index (χ4n) is 1.69. The van der Waals surface area contributed by atoms with Crippen LogP contribution in [0.3, 0.4) is 0 Å². The van der Waals surface area contributed by atoms with Crippen LogP contribution in [0.2, 0.25) is 0 Å². The third-order valence-electron chi connectivity index (χ3n) is 2.42. The number of nitrogens with zero attached hydrogens (tertiary/aromatic N) is 5. The number of aromatic nitrogens is 6. The summed E-state index contributed by atoms with van der Waals surface area (Å²) >= 11 is 0. The second-order valence-electron chi connectivity index (χ2n) is 3.38. The van der Waals surface area contributed by atoms with Gasteiger partial charge < -0.3 is 5.73 Å². The molecule has 0 radical (unpaired) electrons. The number of carbonyl (C=O) groups is 1. The predicted octanol–water partition coefficient (Wildman–Crippen LogP) is -0.363. The van der Waals surface area contributed by atoms with Crippen molar-refractivity contribution in [2.45, 2.75) is 0 Å². The molecule has 0 unspecified atom stereocenters. The highest BCUT2D eigenvalue weighted by Gasteiger charge is 2.15. The van der Waals surface area contributed by atoms with Gasteiger partial charge in [0.1, 0.15) is 0 Å². The van der Waals surface area contributed by atoms with Crippen LogP contribution in [0.1, 0.15) is 10.4 Å². The van der Waals surface area contributed by atoms with Gasteiger partial charge in [-0.05, 0) is 11.3 Å². The third kappa shape index (κ3) is 1.34. The molecule has 8 nitrogen and oxygen atoms in total. The van der Waals surface area contributed by atoms with Crippen molar-refractivity contribution in [2.24, 2.45) is 5.73 Å². The standard InChI is InChI=1S/C9H7N7O/c10-8(17)6-4-16(9-12-14-15-13-9)7-1-2-11-3-5(6)7/h1-4H,(H2,10,17)(H,12,13,14,15). The molecule has 0 aliphatic carbocycles. The minimum absolute atomic E-state index is 0.341. The Bertz CT molecular complexity index is 685. The number of carbonyl (C=O) groups excluding carboxylic acids is 1. The molecule has 8 heteroatoms. The second kappa shape index (κ2) is 3.37. The van der Waals surface area contributed by atoms with E-state index in [1.54, 1.807) is 29.2 Å². The Balaban J connectivity index is 2.37. The fraction of sp³-hybridized carbons (Fsp3) is 0. The lowest BCUT2D eigenvalue weighted by Crippen LogP contribution is -2.10. The zero-order chi connectivity index (χ0) is 11.8. The molecule has 0 spiro atoms. The first kappa shape index (κ1) is 9.46. The van der Waals surface area contributed by atoms with Gasteiger partial charge in [-0.1, -0.05) is 5.10 Å². The number of nitrogens with two attached hydrogens (primary N) is 1. The number of tetrazole rings is 1. The molecule has 3 aromatic heterocycles. The van der Waals surface area contributed by atoms with Crippen molar-refractivity contribution >= 4 is 16.8 Å². The summed E-state index contributed by atoms with van der Waals surface area (Å²) in [5, 5.41) is 14.2. The molecule has 17 heavy (non-hydrogen) atoms. The average molecular weight is 229 g/mol. The maximum Gasteiger partial charge on any atom is 0.274 e. The Morgan fingerprint density at radius 1 is 1.47 bits per heavy atom. The van der Waals surface area contributed by atoms with Gasteiger partial charge in [-0.15, -0.1) is 5.10 Å². The summed E-state index contributed by atoms with van der Waals surface area (Å²) in [6.07, 6.45) is 4.76. The van der Waals surface area contributed by atoms with E-state index < -0.39 is 5.91 Å². The van der Waals surface area contributed by atoms with Gasteiger partial charge in [0.05, 0.1) is 11.1 Å². The van der Waals surface area contributed by atoms with Crippen molar-refractivity contribution in [3.8, 4) is 5.95 Å². The molecule has 0 aliphatic rings. The Labute approximate surface area is 94.4 Å². The normalized spacial score (nSPS) is 10.8. The largest absolute Gasteiger partial charge is 0.366 e. The summed E-state index contributed by atoms with van der Waals surface area (Å²) in [5.74, 6) is -0.182. The van der Waals surface area contributed by atoms with Crippen molar-refractivity contribution in [1.29, 1.82) is 0 Å². The van der Waals surface area contributed by atoms with Crippen molar-refractivity contribution in [3.63, 3.8) is 0 Å². The van der Waals surface area contributed by atoms with E-state index >= 15 is 0 Å². The highest BCUT2D eigenvalue weighted by Crippen LogP contribution is 2.21. The molecule has 0 aromatic carbocycles. The number of aromatic amines is 1. The van der Waals surface area contributed by atoms with Crippen LogP contribution < -0.4 is 5.73 Å². The van der Waals surface area contributed by atoms with Gasteiger partial charge in [-0.3, -0.25) is 14.3 Å². The van der Waals surface area contributed by atoms with Gasteiger partial charge in [0.2, 0.25) is 0 Å². The number of pyridine rings is 1. The Kier molecular flexibility index (Phi) is 1.87. The summed E-state index contributed by atoms with van der Waals surface area (Å²) in [7, 11) is 0. The number of nitrogens with one attached hydrogen (secondary N) is 1. The lowest BCUT2D eigenvalue weighted by Gasteiger charge is -1.96. The highest BCUT2D eigenvalue weighted by molar-refractivity contribution is 6.06. The molecule has 84 valence electrons. The Morgan fingerprint density at radius 3 is 3.06 bits per heavy atom. The SMILES string of the molecule is NC(=O)c1cn(-c2nn[nH]n2)c2ccncc12. The van der Waals surface area contributed by atoms with Crippen molar-refractivity contribution < 1.29 is 4.79 Å². The zero-order valence-corrected chi connectivity index (χ0v) is 8.53. The Hall–Kier alpha value is -2.77. The van der Waals surface area contributed by atoms with Crippen LogP contribution in [0.5, 0.6) is 0 Å². The van der Waals surface area contributed by atoms with Crippen LogP contribution in [-0.2, 0) is 0 Å². The average Bonchev–Trinajstić information content (AvgIpc) is 2.95. The molecule has 0 atom stereocenters. The summed E-state index contributed by atoms with van der Waals surface area (Å²) in [6.45, 7) is 0. The van der Waals surface area contributed by atoms with E-state index in [9.17, 15) is 4.79 Å². The number of primary amides is 1. The predicted molar refractivity (Wildman–Crippen MR) is 57.3 cm³/mol. The van der Waals surface area contributed by atoms with E-state index in [1.165, 1.54) is 0 Å². The van der Waals surface area contributed by atoms with Crippen LogP contribution in [0.15, 0.2) is 24.7 Å². The summed E-state index contributed by atoms with van der Waals surface area (Å²) in [5.41, 5.74) is 6.42. The number of hydrogen-bond donors (Lipinski definition) is 2. The summed E-state index contributed by atoms with van der Waals surface area (Å²) in [6, 6.07) is 1.75. The van der Waals surface area contributed by atoms with Gasteiger partial charge >= 0.3 is 0 Å². The van der Waals surface area contributed by atoms with E-state index in [2.05, 4.69) is 25.6 Å². The van der Waals surface area contributed by atoms with E-state index in [-0.39, 0.29) is 0 Å². The van der Waals surface area contributed by atoms with Gasteiger partial charge in [0.15, 0.2) is 0 Å². The summed E-state index contributed by atoms with van der Waals surface area (Å²) in [4.78, 5) is 15.3. The lowest BCUT2D eigenvalue weighted by atomic mass is 10.2. The van der Waals surface area contributed by atoms with Gasteiger partial charge in [0.25, 0.3) is 11.9 Å². The maximum absolute atomic E-state index is 11.3. The van der Waals surface area contributed by atoms with Crippen LogP contribution >= 0.6 is 0 Å². The molecule has 0 saturated heterocycles. The number of hydrogen-bond acceptors (Lipinski definition) is 5. The minimum Gasteiger partial charge on any atom is -0.366 e. The molecular formula is C9H7N7O. The molecule has 0 saturated carbocycles. The molecule has 3 heterocycles. The van der Waals surface area contributed by atoms with Crippen molar-refractivity contribution in [3.05, 3.63) is 30.2 Å². The number of H-pyrrole nitrogens is 1. The van der Waals surface area contributed by atoms with Gasteiger partial charge in [0, 0.05) is 24.0 Å². The first-order valence-electron chi connectivity index (χ1n) is 4.76. The molecule has 0 fully saturated rings. The van der Waals surface area contributed by atoms with E-state index in [0.717, 1.165) is 5.52 Å². The fourth-order valence-corrected chi connectivity index (χ4v) is 1.69. The van der Waals surface area contributed by atoms with Crippen LogP contribution in [-0.4, -0.2) is 36.1 Å². The van der Waals surface area contributed by atoms with Gasteiger partial charge in [-0.25, -0.2) is 0 Å². The molecule has 0 bridgehead atoms. The number of rotatable bonds is 2. The van der Waals surface area contributed by atoms with Gasteiger partial charge in [-0.2, -0.15) is 5.21 Å². The van der Waals surface area contributed by atoms with Crippen molar-refractivity contribution in [1.82, 2.24) is 30.2 Å². The highest BCUT2D eigenvalue weighted by atomic mass is 16.1. The van der Waals surface area contributed by atoms with E-state index in [0.29, 0.717) is 16.9 Å². The smallest absolute Gasteiger partial charge is 0.274 e. The minimum atomic E-state index is -0.523. The molecule has 0 aliphatic heterocycles. The molecule has 3 N–H and O–H groups in total. The molecular weight excluding hydrogens is 222 g/mol. The van der Waals surface area contributed by atoms with Crippen molar-refractivity contribution in [2.75, 3.05) is 0 Å². The number of fused-ring (bicyclic) bond motifs is 1. The quantitative estimate of drug-likeness (QED) is 0.622. The first-order valence-corrected chi connectivity index (χ1v) is 4.76. The monoisotopic (exact) mass is 229 g/mol. The van der Waals surface area contributed by atoms with Crippen LogP contribution in [0, 0.1) is 0 Å². The zero-order valence-electron chi connectivity index (χ0n) is 8.53. The molecule has 3 rings (SSSR count). The van der Waals surface area contributed by atoms with Crippen LogP contribution in [0.25, 0.3) is 16.9 Å². The number of amides is 1. The topological polar surface area (TPSA) is 115 Å².